The van der Waals surface area contributed by atoms with Gasteiger partial charge in [0, 0.05) is 11.7 Å². The molecule has 4 heteroatoms. The first-order chi connectivity index (χ1) is 13.7. The fourth-order valence-electron chi connectivity index (χ4n) is 3.34. The van der Waals surface area contributed by atoms with Crippen LogP contribution >= 0.6 is 11.8 Å². The Balaban J connectivity index is 1.89. The van der Waals surface area contributed by atoms with Crippen LogP contribution in [0.1, 0.15) is 25.0 Å². The minimum atomic E-state index is -0.630. The second-order valence-electron chi connectivity index (χ2n) is 6.98. The number of nitrogens with one attached hydrogen (secondary N) is 1. The molecule has 1 N–H and O–H groups in total. The lowest BCUT2D eigenvalue weighted by molar-refractivity contribution is 0.730. The van der Waals surface area contributed by atoms with Gasteiger partial charge in [-0.1, -0.05) is 78.9 Å². The van der Waals surface area contributed by atoms with E-state index in [1.54, 1.807) is 11.8 Å². The minimum Gasteiger partial charge on any atom is -0.335 e. The van der Waals surface area contributed by atoms with Crippen LogP contribution in [0.3, 0.4) is 0 Å². The number of amidine groups is 1. The first-order valence-electron chi connectivity index (χ1n) is 9.47. The van der Waals surface area contributed by atoms with Gasteiger partial charge in [-0.2, -0.15) is 0 Å². The van der Waals surface area contributed by atoms with Crippen LogP contribution in [0.5, 0.6) is 0 Å². The number of benzene rings is 3. The Hall–Kier alpha value is -2.85. The normalized spacial score (nSPS) is 17.0. The van der Waals surface area contributed by atoms with Crippen LogP contribution in [0.2, 0.25) is 0 Å². The summed E-state index contributed by atoms with van der Waals surface area (Å²) in [4.78, 5) is 10.2. The van der Waals surface area contributed by atoms with Crippen LogP contribution < -0.4 is 5.32 Å². The first kappa shape index (κ1) is 18.5. The summed E-state index contributed by atoms with van der Waals surface area (Å²) in [6, 6.07) is 31.2. The van der Waals surface area contributed by atoms with E-state index in [-0.39, 0.29) is 6.04 Å². The summed E-state index contributed by atoms with van der Waals surface area (Å²) in [6.07, 6.45) is 0. The van der Waals surface area contributed by atoms with E-state index in [0.29, 0.717) is 0 Å². The van der Waals surface area contributed by atoms with Crippen molar-refractivity contribution in [3.8, 4) is 0 Å². The molecule has 0 unspecified atom stereocenters. The smallest absolute Gasteiger partial charge is 0.168 e. The molecule has 0 saturated heterocycles. The van der Waals surface area contributed by atoms with E-state index >= 15 is 0 Å². The molecule has 0 fully saturated rings. The van der Waals surface area contributed by atoms with E-state index in [9.17, 15) is 0 Å². The molecular weight excluding hydrogens is 362 g/mol. The highest BCUT2D eigenvalue weighted by Gasteiger charge is 2.45. The quantitative estimate of drug-likeness (QED) is 0.602. The van der Waals surface area contributed by atoms with Crippen molar-refractivity contribution < 1.29 is 0 Å². The molecule has 1 heterocycles. The zero-order chi connectivity index (χ0) is 19.4. The molecule has 1 aliphatic heterocycles. The van der Waals surface area contributed by atoms with Crippen LogP contribution in [-0.4, -0.2) is 16.3 Å². The highest BCUT2D eigenvalue weighted by molar-refractivity contribution is 8.27. The summed E-state index contributed by atoms with van der Waals surface area (Å²) < 4.78 is 0. The number of anilines is 1. The third-order valence-electron chi connectivity index (χ3n) is 4.56. The van der Waals surface area contributed by atoms with Crippen molar-refractivity contribution in [2.75, 3.05) is 5.32 Å². The van der Waals surface area contributed by atoms with Crippen LogP contribution in [0, 0.1) is 0 Å². The van der Waals surface area contributed by atoms with Gasteiger partial charge in [0.1, 0.15) is 5.04 Å². The third kappa shape index (κ3) is 3.60. The second-order valence-corrected chi connectivity index (χ2v) is 7.96. The van der Waals surface area contributed by atoms with Crippen LogP contribution in [0.4, 0.5) is 5.69 Å². The van der Waals surface area contributed by atoms with E-state index in [1.807, 2.05) is 42.5 Å². The monoisotopic (exact) mass is 385 g/mol. The molecule has 0 aromatic heterocycles. The molecule has 0 atom stereocenters. The second kappa shape index (κ2) is 8.03. The average Bonchev–Trinajstić information content (AvgIpc) is 3.08. The van der Waals surface area contributed by atoms with Crippen molar-refractivity contribution in [2.24, 2.45) is 9.98 Å². The average molecular weight is 386 g/mol. The topological polar surface area (TPSA) is 36.8 Å². The van der Waals surface area contributed by atoms with Gasteiger partial charge in [-0.3, -0.25) is 4.99 Å². The molecule has 0 saturated carbocycles. The number of hydrogen-bond donors (Lipinski definition) is 1. The summed E-state index contributed by atoms with van der Waals surface area (Å²) >= 11 is 1.62. The van der Waals surface area contributed by atoms with Crippen molar-refractivity contribution in [3.63, 3.8) is 0 Å². The van der Waals surface area contributed by atoms with Crippen molar-refractivity contribution >= 4 is 27.7 Å². The largest absolute Gasteiger partial charge is 0.335 e. The van der Waals surface area contributed by atoms with E-state index in [2.05, 4.69) is 67.7 Å². The first-order valence-corrected chi connectivity index (χ1v) is 10.3. The molecule has 0 radical (unpaired) electrons. The zero-order valence-electron chi connectivity index (χ0n) is 16.0. The fraction of sp³-hybridized carbons (Fsp3) is 0.167. The standard InChI is InChI=1S/C24H23N3S/c1-18(2)25-22-24(19-12-6-3-7-13-19,20-14-8-4-9-15-20)27-23(28-22)26-21-16-10-5-11-17-21/h3-18H,1-2H3,(H,26,27). The number of nitrogens with zero attached hydrogens (tertiary/aromatic N) is 2. The van der Waals surface area contributed by atoms with Gasteiger partial charge >= 0.3 is 0 Å². The molecule has 1 aliphatic rings. The lowest BCUT2D eigenvalue weighted by atomic mass is 9.84. The number of thioether (sulfide) groups is 1. The lowest BCUT2D eigenvalue weighted by Gasteiger charge is -2.28. The Labute approximate surface area is 170 Å². The maximum absolute atomic E-state index is 5.23. The Morgan fingerprint density at radius 1 is 0.786 bits per heavy atom. The zero-order valence-corrected chi connectivity index (χ0v) is 16.9. The van der Waals surface area contributed by atoms with Gasteiger partial charge in [0.25, 0.3) is 0 Å². The predicted octanol–water partition coefficient (Wildman–Crippen LogP) is 5.95. The van der Waals surface area contributed by atoms with Crippen molar-refractivity contribution in [1.29, 1.82) is 0 Å². The molecule has 3 nitrogen and oxygen atoms in total. The maximum atomic E-state index is 5.23. The van der Waals surface area contributed by atoms with Gasteiger partial charge in [-0.25, -0.2) is 4.99 Å². The van der Waals surface area contributed by atoms with E-state index in [1.165, 1.54) is 0 Å². The van der Waals surface area contributed by atoms with Crippen LogP contribution in [0.25, 0.3) is 0 Å². The van der Waals surface area contributed by atoms with Gasteiger partial charge in [0.05, 0.1) is 0 Å². The number of aliphatic imine (C=N–C) groups is 2. The lowest BCUT2D eigenvalue weighted by Crippen LogP contribution is -2.31. The van der Waals surface area contributed by atoms with E-state index in [0.717, 1.165) is 27.0 Å². The molecule has 0 aliphatic carbocycles. The molecule has 0 bridgehead atoms. The molecule has 3 aromatic carbocycles. The van der Waals surface area contributed by atoms with Crippen molar-refractivity contribution in [1.82, 2.24) is 0 Å². The SMILES string of the molecule is CC(C)N=C1SC(Nc2ccccc2)=NC1(c1ccccc1)c1ccccc1. The summed E-state index contributed by atoms with van der Waals surface area (Å²) in [5.41, 5.74) is 2.64. The maximum Gasteiger partial charge on any atom is 0.168 e. The summed E-state index contributed by atoms with van der Waals surface area (Å²) in [5.74, 6) is 0. The fourth-order valence-corrected chi connectivity index (χ4v) is 4.57. The minimum absolute atomic E-state index is 0.181. The van der Waals surface area contributed by atoms with Gasteiger partial charge in [-0.15, -0.1) is 0 Å². The summed E-state index contributed by atoms with van der Waals surface area (Å²) in [7, 11) is 0. The van der Waals surface area contributed by atoms with Gasteiger partial charge in [0.2, 0.25) is 0 Å². The highest BCUT2D eigenvalue weighted by atomic mass is 32.2. The molecular formula is C24H23N3S. The van der Waals surface area contributed by atoms with Crippen LogP contribution in [0.15, 0.2) is 101 Å². The van der Waals surface area contributed by atoms with E-state index in [4.69, 9.17) is 9.98 Å². The molecule has 28 heavy (non-hydrogen) atoms. The molecule has 140 valence electrons. The Bertz CT molecular complexity index is 941. The summed E-state index contributed by atoms with van der Waals surface area (Å²) in [5, 5.41) is 5.33. The molecule has 4 rings (SSSR count). The third-order valence-corrected chi connectivity index (χ3v) is 5.54. The molecule has 0 amide bonds. The molecule has 3 aromatic rings. The Morgan fingerprint density at radius 2 is 1.29 bits per heavy atom. The predicted molar refractivity (Wildman–Crippen MR) is 121 cm³/mol. The van der Waals surface area contributed by atoms with Gasteiger partial charge in [-0.05, 0) is 48.9 Å². The van der Waals surface area contributed by atoms with Crippen LogP contribution in [-0.2, 0) is 5.54 Å². The Morgan fingerprint density at radius 3 is 1.79 bits per heavy atom. The summed E-state index contributed by atoms with van der Waals surface area (Å²) in [6.45, 7) is 4.22. The van der Waals surface area contributed by atoms with Crippen molar-refractivity contribution in [2.45, 2.75) is 25.4 Å². The Kier molecular flexibility index (Phi) is 5.31. The highest BCUT2D eigenvalue weighted by Crippen LogP contribution is 2.45. The number of hydrogen-bond acceptors (Lipinski definition) is 4. The van der Waals surface area contributed by atoms with Gasteiger partial charge < -0.3 is 5.32 Å². The number of rotatable bonds is 4. The number of para-hydroxylation sites is 1. The van der Waals surface area contributed by atoms with E-state index < -0.39 is 5.54 Å². The van der Waals surface area contributed by atoms with Crippen molar-refractivity contribution in [3.05, 3.63) is 102 Å². The van der Waals surface area contributed by atoms with Gasteiger partial charge in [0.15, 0.2) is 10.7 Å². The molecule has 0 spiro atoms.